The second-order valence-corrected chi connectivity index (χ2v) is 5.29. The first-order chi connectivity index (χ1) is 7.72. The summed E-state index contributed by atoms with van der Waals surface area (Å²) in [5, 5.41) is 0. The molecule has 1 aromatic heterocycles. The molecule has 1 aliphatic rings. The summed E-state index contributed by atoms with van der Waals surface area (Å²) >= 11 is 3.53. The Morgan fingerprint density at radius 3 is 2.75 bits per heavy atom. The van der Waals surface area contributed by atoms with Gasteiger partial charge in [-0.15, -0.1) is 0 Å². The number of rotatable bonds is 2. The van der Waals surface area contributed by atoms with Gasteiger partial charge in [0.1, 0.15) is 0 Å². The summed E-state index contributed by atoms with van der Waals surface area (Å²) < 4.78 is 1.09. The summed E-state index contributed by atoms with van der Waals surface area (Å²) in [6.45, 7) is 5.15. The van der Waals surface area contributed by atoms with Crippen molar-refractivity contribution in [3.05, 3.63) is 22.4 Å². The molecule has 0 aliphatic carbocycles. The number of nitrogens with two attached hydrogens (primary N) is 1. The van der Waals surface area contributed by atoms with Crippen LogP contribution in [0.5, 0.6) is 0 Å². The van der Waals surface area contributed by atoms with Crippen molar-refractivity contribution in [3.63, 3.8) is 0 Å². The van der Waals surface area contributed by atoms with Gasteiger partial charge in [-0.1, -0.05) is 0 Å². The average molecular weight is 284 g/mol. The van der Waals surface area contributed by atoms with Crippen LogP contribution in [0.3, 0.4) is 0 Å². The summed E-state index contributed by atoms with van der Waals surface area (Å²) in [5.74, 6) is 0.705. The molecule has 2 heterocycles. The molecule has 0 aromatic carbocycles. The minimum atomic E-state index is 0.705. The lowest BCUT2D eigenvalue weighted by Crippen LogP contribution is -2.36. The molecule has 0 saturated carbocycles. The van der Waals surface area contributed by atoms with Crippen LogP contribution in [0.4, 0.5) is 5.69 Å². The largest absolute Gasteiger partial charge is 0.370 e. The Morgan fingerprint density at radius 1 is 1.44 bits per heavy atom. The molecule has 0 amide bonds. The molecule has 2 N–H and O–H groups in total. The van der Waals surface area contributed by atoms with Crippen LogP contribution in [0.15, 0.2) is 16.9 Å². The number of aromatic nitrogens is 1. The van der Waals surface area contributed by atoms with Crippen molar-refractivity contribution in [1.82, 2.24) is 4.98 Å². The van der Waals surface area contributed by atoms with Gasteiger partial charge in [0.25, 0.3) is 0 Å². The van der Waals surface area contributed by atoms with Gasteiger partial charge in [-0.3, -0.25) is 4.98 Å². The van der Waals surface area contributed by atoms with Crippen molar-refractivity contribution in [1.29, 1.82) is 0 Å². The molecule has 2 rings (SSSR count). The Morgan fingerprint density at radius 2 is 2.12 bits per heavy atom. The van der Waals surface area contributed by atoms with Crippen LogP contribution in [0.2, 0.25) is 0 Å². The first kappa shape index (κ1) is 11.9. The van der Waals surface area contributed by atoms with E-state index in [1.54, 1.807) is 0 Å². The third-order valence-corrected chi connectivity index (χ3v) is 4.22. The second kappa shape index (κ2) is 5.15. The predicted octanol–water partition coefficient (Wildman–Crippen LogP) is 2.33. The van der Waals surface area contributed by atoms with Gasteiger partial charge in [-0.2, -0.15) is 0 Å². The molecule has 3 nitrogen and oxygen atoms in total. The van der Waals surface area contributed by atoms with Gasteiger partial charge in [0, 0.05) is 23.8 Å². The molecule has 88 valence electrons. The van der Waals surface area contributed by atoms with Crippen molar-refractivity contribution in [3.8, 4) is 0 Å². The lowest BCUT2D eigenvalue weighted by molar-refractivity contribution is 0.414. The van der Waals surface area contributed by atoms with Gasteiger partial charge in [0.2, 0.25) is 0 Å². The van der Waals surface area contributed by atoms with E-state index in [9.17, 15) is 0 Å². The first-order valence-corrected chi connectivity index (χ1v) is 6.56. The molecule has 1 aromatic rings. The van der Waals surface area contributed by atoms with Crippen LogP contribution in [0.25, 0.3) is 0 Å². The van der Waals surface area contributed by atoms with Gasteiger partial charge in [0.15, 0.2) is 0 Å². The number of halogens is 1. The number of nitrogens with zero attached hydrogens (tertiary/aromatic N) is 2. The summed E-state index contributed by atoms with van der Waals surface area (Å²) in [6.07, 6.45) is 6.21. The first-order valence-electron chi connectivity index (χ1n) is 5.77. The molecular weight excluding hydrogens is 266 g/mol. The Labute approximate surface area is 105 Å². The molecule has 1 saturated heterocycles. The molecule has 16 heavy (non-hydrogen) atoms. The van der Waals surface area contributed by atoms with Crippen molar-refractivity contribution in [2.45, 2.75) is 19.8 Å². The minimum absolute atomic E-state index is 0.705. The zero-order valence-corrected chi connectivity index (χ0v) is 11.2. The highest BCUT2D eigenvalue weighted by Gasteiger charge is 2.19. The van der Waals surface area contributed by atoms with E-state index < -0.39 is 0 Å². The van der Waals surface area contributed by atoms with Crippen LogP contribution in [-0.2, 0) is 0 Å². The van der Waals surface area contributed by atoms with Crippen LogP contribution >= 0.6 is 15.9 Å². The smallest absolute Gasteiger partial charge is 0.0593 e. The van der Waals surface area contributed by atoms with Crippen molar-refractivity contribution >= 4 is 21.6 Å². The highest BCUT2D eigenvalue weighted by molar-refractivity contribution is 9.10. The molecule has 0 bridgehead atoms. The van der Waals surface area contributed by atoms with Crippen molar-refractivity contribution in [2.24, 2.45) is 11.7 Å². The maximum absolute atomic E-state index is 5.70. The number of anilines is 1. The summed E-state index contributed by atoms with van der Waals surface area (Å²) in [7, 11) is 0. The molecule has 0 radical (unpaired) electrons. The third kappa shape index (κ3) is 2.38. The maximum Gasteiger partial charge on any atom is 0.0593 e. The maximum atomic E-state index is 5.70. The normalized spacial score (nSPS) is 17.8. The number of pyridine rings is 1. The molecule has 1 aliphatic heterocycles. The number of hydrogen-bond acceptors (Lipinski definition) is 3. The minimum Gasteiger partial charge on any atom is -0.370 e. The molecule has 0 atom stereocenters. The van der Waals surface area contributed by atoms with Gasteiger partial charge in [-0.25, -0.2) is 0 Å². The zero-order chi connectivity index (χ0) is 11.5. The van der Waals surface area contributed by atoms with Crippen LogP contribution in [0, 0.1) is 12.8 Å². The van der Waals surface area contributed by atoms with E-state index >= 15 is 0 Å². The third-order valence-electron chi connectivity index (χ3n) is 3.42. The monoisotopic (exact) mass is 283 g/mol. The van der Waals surface area contributed by atoms with Gasteiger partial charge >= 0.3 is 0 Å². The van der Waals surface area contributed by atoms with E-state index in [-0.39, 0.29) is 0 Å². The van der Waals surface area contributed by atoms with Crippen LogP contribution in [0.1, 0.15) is 18.4 Å². The summed E-state index contributed by atoms with van der Waals surface area (Å²) in [5.41, 5.74) is 8.24. The van der Waals surface area contributed by atoms with Crippen molar-refractivity contribution < 1.29 is 0 Å². The van der Waals surface area contributed by atoms with Gasteiger partial charge in [-0.05, 0) is 53.7 Å². The van der Waals surface area contributed by atoms with Gasteiger partial charge in [0.05, 0.1) is 11.9 Å². The quantitative estimate of drug-likeness (QED) is 0.906. The Hall–Kier alpha value is -0.610. The van der Waals surface area contributed by atoms with E-state index in [0.29, 0.717) is 5.92 Å². The Bertz CT molecular complexity index is 359. The highest BCUT2D eigenvalue weighted by Crippen LogP contribution is 2.28. The standard InChI is InChI=1S/C12H18BrN3/c1-9-11(13)7-15-8-12(9)16-4-2-10(6-14)3-5-16/h7-8,10H,2-6,14H2,1H3. The SMILES string of the molecule is Cc1c(Br)cncc1N1CCC(CN)CC1. The molecule has 1 fully saturated rings. The number of hydrogen-bond donors (Lipinski definition) is 1. The Balaban J connectivity index is 2.11. The average Bonchev–Trinajstić information content (AvgIpc) is 2.33. The second-order valence-electron chi connectivity index (χ2n) is 4.43. The fraction of sp³-hybridized carbons (Fsp3) is 0.583. The zero-order valence-electron chi connectivity index (χ0n) is 9.62. The van der Waals surface area contributed by atoms with Crippen LogP contribution in [-0.4, -0.2) is 24.6 Å². The molecule has 0 unspecified atom stereocenters. The Kier molecular flexibility index (Phi) is 3.82. The van der Waals surface area contributed by atoms with E-state index in [1.165, 1.54) is 24.1 Å². The van der Waals surface area contributed by atoms with Crippen molar-refractivity contribution in [2.75, 3.05) is 24.5 Å². The predicted molar refractivity (Wildman–Crippen MR) is 70.7 cm³/mol. The highest BCUT2D eigenvalue weighted by atomic mass is 79.9. The van der Waals surface area contributed by atoms with E-state index in [2.05, 4.69) is 32.7 Å². The fourth-order valence-corrected chi connectivity index (χ4v) is 2.54. The summed E-state index contributed by atoms with van der Waals surface area (Å²) in [4.78, 5) is 6.66. The van der Waals surface area contributed by atoms with E-state index in [4.69, 9.17) is 5.73 Å². The fourth-order valence-electron chi connectivity index (χ4n) is 2.22. The van der Waals surface area contributed by atoms with E-state index in [0.717, 1.165) is 24.1 Å². The lowest BCUT2D eigenvalue weighted by Gasteiger charge is -2.33. The van der Waals surface area contributed by atoms with Crippen LogP contribution < -0.4 is 10.6 Å². The molecule has 4 heteroatoms. The number of piperidine rings is 1. The summed E-state index contributed by atoms with van der Waals surface area (Å²) in [6, 6.07) is 0. The topological polar surface area (TPSA) is 42.2 Å². The van der Waals surface area contributed by atoms with E-state index in [1.807, 2.05) is 12.4 Å². The van der Waals surface area contributed by atoms with Gasteiger partial charge < -0.3 is 10.6 Å². The molecule has 0 spiro atoms. The lowest BCUT2D eigenvalue weighted by atomic mass is 9.96. The molecular formula is C12H18BrN3.